The van der Waals surface area contributed by atoms with Crippen molar-refractivity contribution in [3.05, 3.63) is 35.6 Å². The number of halogens is 1. The third-order valence-corrected chi connectivity index (χ3v) is 6.08. The Morgan fingerprint density at radius 1 is 1.29 bits per heavy atom. The van der Waals surface area contributed by atoms with Gasteiger partial charge >= 0.3 is 0 Å². The van der Waals surface area contributed by atoms with Crippen LogP contribution in [-0.4, -0.2) is 38.0 Å². The molecule has 0 spiro atoms. The molecule has 0 saturated heterocycles. The molecule has 1 aliphatic carbocycles. The summed E-state index contributed by atoms with van der Waals surface area (Å²) in [5, 5.41) is 9.58. The van der Waals surface area contributed by atoms with Crippen LogP contribution in [0.5, 0.6) is 0 Å². The third kappa shape index (κ3) is 3.81. The van der Waals surface area contributed by atoms with Crippen LogP contribution in [0.4, 0.5) is 4.39 Å². The molecule has 0 heterocycles. The maximum atomic E-state index is 13.6. The van der Waals surface area contributed by atoms with Crippen molar-refractivity contribution in [2.24, 2.45) is 5.41 Å². The highest BCUT2D eigenvalue weighted by atomic mass is 32.2. The van der Waals surface area contributed by atoms with Crippen molar-refractivity contribution >= 4 is 10.0 Å². The number of hydrogen-bond acceptors (Lipinski definition) is 3. The summed E-state index contributed by atoms with van der Waals surface area (Å²) in [4.78, 5) is 0. The molecule has 2 rings (SSSR count). The minimum Gasteiger partial charge on any atom is -0.396 e. The van der Waals surface area contributed by atoms with Gasteiger partial charge < -0.3 is 5.11 Å². The zero-order valence-corrected chi connectivity index (χ0v) is 13.1. The van der Waals surface area contributed by atoms with Gasteiger partial charge in [0.05, 0.1) is 5.75 Å². The molecule has 0 amide bonds. The predicted molar refractivity (Wildman–Crippen MR) is 79.6 cm³/mol. The van der Waals surface area contributed by atoms with Crippen molar-refractivity contribution in [1.29, 1.82) is 0 Å². The van der Waals surface area contributed by atoms with Crippen molar-refractivity contribution in [2.45, 2.75) is 31.4 Å². The first kappa shape index (κ1) is 16.4. The lowest BCUT2D eigenvalue weighted by Gasteiger charge is -2.31. The highest BCUT2D eigenvalue weighted by molar-refractivity contribution is 7.88. The Hall–Kier alpha value is -0.980. The van der Waals surface area contributed by atoms with E-state index >= 15 is 0 Å². The summed E-state index contributed by atoms with van der Waals surface area (Å²) in [7, 11) is -2.08. The Balaban J connectivity index is 2.10. The Bertz CT molecular complexity index is 582. The normalized spacial score (nSPS) is 18.3. The van der Waals surface area contributed by atoms with Gasteiger partial charge in [0, 0.05) is 31.2 Å². The van der Waals surface area contributed by atoms with Crippen LogP contribution in [0.2, 0.25) is 0 Å². The number of aliphatic hydroxyl groups excluding tert-OH is 1. The van der Waals surface area contributed by atoms with Crippen molar-refractivity contribution < 1.29 is 17.9 Å². The molecule has 1 saturated carbocycles. The molecule has 4 nitrogen and oxygen atoms in total. The Labute approximate surface area is 125 Å². The number of hydrogen-bond donors (Lipinski definition) is 1. The monoisotopic (exact) mass is 315 g/mol. The first-order valence-corrected chi connectivity index (χ1v) is 8.78. The minimum absolute atomic E-state index is 0.00738. The van der Waals surface area contributed by atoms with E-state index in [0.717, 1.165) is 25.7 Å². The third-order valence-electron chi connectivity index (χ3n) is 4.33. The fourth-order valence-electron chi connectivity index (χ4n) is 2.98. The Morgan fingerprint density at radius 3 is 2.48 bits per heavy atom. The van der Waals surface area contributed by atoms with E-state index < -0.39 is 15.8 Å². The molecule has 1 aliphatic rings. The van der Waals surface area contributed by atoms with Crippen molar-refractivity contribution in [1.82, 2.24) is 4.31 Å². The molecule has 6 heteroatoms. The molecule has 0 unspecified atom stereocenters. The maximum Gasteiger partial charge on any atom is 0.218 e. The SMILES string of the molecule is CN(CC1(CO)CCCC1)S(=O)(=O)Cc1ccccc1F. The zero-order valence-electron chi connectivity index (χ0n) is 12.3. The topological polar surface area (TPSA) is 57.6 Å². The molecule has 0 atom stereocenters. The number of aliphatic hydroxyl groups is 1. The smallest absolute Gasteiger partial charge is 0.218 e. The highest BCUT2D eigenvalue weighted by Gasteiger charge is 2.37. The van der Waals surface area contributed by atoms with Crippen LogP contribution in [0.1, 0.15) is 31.2 Å². The average Bonchev–Trinajstić information content (AvgIpc) is 2.90. The van der Waals surface area contributed by atoms with Gasteiger partial charge in [0.15, 0.2) is 0 Å². The van der Waals surface area contributed by atoms with E-state index in [9.17, 15) is 17.9 Å². The van der Waals surface area contributed by atoms with Crippen LogP contribution in [0.15, 0.2) is 24.3 Å². The van der Waals surface area contributed by atoms with Crippen LogP contribution in [-0.2, 0) is 15.8 Å². The van der Waals surface area contributed by atoms with Crippen molar-refractivity contribution in [3.8, 4) is 0 Å². The van der Waals surface area contributed by atoms with Crippen LogP contribution in [0.3, 0.4) is 0 Å². The standard InChI is InChI=1S/C15H22FNO3S/c1-17(11-15(12-18)8-4-5-9-15)21(19,20)10-13-6-2-3-7-14(13)16/h2-3,6-7,18H,4-5,8-12H2,1H3. The average molecular weight is 315 g/mol. The molecule has 0 radical (unpaired) electrons. The lowest BCUT2D eigenvalue weighted by molar-refractivity contribution is 0.112. The largest absolute Gasteiger partial charge is 0.396 e. The van der Waals surface area contributed by atoms with E-state index in [1.54, 1.807) is 6.07 Å². The lowest BCUT2D eigenvalue weighted by Crippen LogP contribution is -2.40. The second-order valence-electron chi connectivity index (χ2n) is 5.97. The predicted octanol–water partition coefficient (Wildman–Crippen LogP) is 2.14. The molecule has 1 aromatic rings. The molecule has 118 valence electrons. The lowest BCUT2D eigenvalue weighted by atomic mass is 9.87. The quantitative estimate of drug-likeness (QED) is 0.875. The van der Waals surface area contributed by atoms with Gasteiger partial charge in [-0.25, -0.2) is 17.1 Å². The van der Waals surface area contributed by atoms with Crippen molar-refractivity contribution in [2.75, 3.05) is 20.2 Å². The van der Waals surface area contributed by atoms with E-state index in [1.807, 2.05) is 0 Å². The minimum atomic E-state index is -3.59. The van der Waals surface area contributed by atoms with Crippen LogP contribution < -0.4 is 0 Å². The first-order chi connectivity index (χ1) is 9.88. The van der Waals surface area contributed by atoms with Crippen molar-refractivity contribution in [3.63, 3.8) is 0 Å². The second-order valence-corrected chi connectivity index (χ2v) is 8.04. The second kappa shape index (κ2) is 6.42. The highest BCUT2D eigenvalue weighted by Crippen LogP contribution is 2.38. The molecular weight excluding hydrogens is 293 g/mol. The van der Waals surface area contributed by atoms with Crippen LogP contribution >= 0.6 is 0 Å². The Kier molecular flexibility index (Phi) is 5.01. The van der Waals surface area contributed by atoms with Crippen LogP contribution in [0, 0.1) is 11.2 Å². The summed E-state index contributed by atoms with van der Waals surface area (Å²) < 4.78 is 39.6. The van der Waals surface area contributed by atoms with E-state index in [2.05, 4.69) is 0 Å². The van der Waals surface area contributed by atoms with Gasteiger partial charge in [-0.1, -0.05) is 31.0 Å². The molecule has 0 aliphatic heterocycles. The zero-order chi connectivity index (χ0) is 15.5. The Morgan fingerprint density at radius 2 is 1.90 bits per heavy atom. The summed E-state index contributed by atoms with van der Waals surface area (Å²) in [6, 6.07) is 5.91. The molecular formula is C15H22FNO3S. The van der Waals surface area contributed by atoms with E-state index in [1.165, 1.54) is 29.6 Å². The van der Waals surface area contributed by atoms with Gasteiger partial charge in [0.2, 0.25) is 10.0 Å². The first-order valence-electron chi connectivity index (χ1n) is 7.17. The van der Waals surface area contributed by atoms with E-state index in [4.69, 9.17) is 0 Å². The molecule has 1 fully saturated rings. The van der Waals surface area contributed by atoms with Gasteiger partial charge in [0.25, 0.3) is 0 Å². The summed E-state index contributed by atoms with van der Waals surface area (Å²) in [6.45, 7) is 0.285. The van der Waals surface area contributed by atoms with Gasteiger partial charge in [-0.05, 0) is 18.9 Å². The molecule has 0 bridgehead atoms. The fraction of sp³-hybridized carbons (Fsp3) is 0.600. The van der Waals surface area contributed by atoms with E-state index in [0.29, 0.717) is 6.54 Å². The van der Waals surface area contributed by atoms with Gasteiger partial charge in [-0.3, -0.25) is 0 Å². The molecule has 0 aromatic heterocycles. The number of sulfonamides is 1. The number of rotatable bonds is 6. The summed E-state index contributed by atoms with van der Waals surface area (Å²) in [5.41, 5.74) is -0.161. The van der Waals surface area contributed by atoms with Gasteiger partial charge in [-0.15, -0.1) is 0 Å². The van der Waals surface area contributed by atoms with Crippen LogP contribution in [0.25, 0.3) is 0 Å². The summed E-state index contributed by atoms with van der Waals surface area (Å²) in [6.07, 6.45) is 3.70. The number of nitrogens with zero attached hydrogens (tertiary/aromatic N) is 1. The molecule has 1 N–H and O–H groups in total. The summed E-state index contributed by atoms with van der Waals surface area (Å²) >= 11 is 0. The fourth-order valence-corrected chi connectivity index (χ4v) is 4.30. The molecule has 1 aromatic carbocycles. The van der Waals surface area contributed by atoms with E-state index in [-0.39, 0.29) is 23.3 Å². The summed E-state index contributed by atoms with van der Waals surface area (Å²) in [5.74, 6) is -0.857. The van der Waals surface area contributed by atoms with Gasteiger partial charge in [-0.2, -0.15) is 0 Å². The van der Waals surface area contributed by atoms with Gasteiger partial charge in [0.1, 0.15) is 5.82 Å². The maximum absolute atomic E-state index is 13.6. The molecule has 21 heavy (non-hydrogen) atoms. The number of benzene rings is 1.